The average molecular weight is 720 g/mol. The highest BCUT2D eigenvalue weighted by atomic mass is 35.5. The van der Waals surface area contributed by atoms with Gasteiger partial charge in [-0.2, -0.15) is 0 Å². The van der Waals surface area contributed by atoms with Crippen LogP contribution in [0.1, 0.15) is 88.6 Å². The van der Waals surface area contributed by atoms with Crippen LogP contribution in [0.3, 0.4) is 0 Å². The Balaban J connectivity index is 1.19. The van der Waals surface area contributed by atoms with Crippen LogP contribution in [0.15, 0.2) is 71.9 Å². The molecule has 1 amide bonds. The number of benzene rings is 2. The van der Waals surface area contributed by atoms with Crippen LogP contribution in [0.25, 0.3) is 11.1 Å². The molecule has 0 N–H and O–H groups in total. The standard InChI is InChI=1S/C43H44Cl2N4O2/c1-3-51-43(50)49-21-16-28(17-22-49)39-36-13-11-34(44)23-31(36)8-7-30-10-12-35(47-42(30)39)24-33-25-37-32(26-38(33)45)9-6-29-5-4-18-46-41(29)40(37)27-14-19-48(2)20-15-27/h4-5,10-13,18,23,25-26H,3,6-9,14-17,19-22,24H2,1-2H3. The van der Waals surface area contributed by atoms with E-state index in [2.05, 4.69) is 60.5 Å². The van der Waals surface area contributed by atoms with Crippen LogP contribution >= 0.6 is 23.2 Å². The minimum Gasteiger partial charge on any atom is -0.450 e. The Bertz CT molecular complexity index is 2070. The predicted octanol–water partition coefficient (Wildman–Crippen LogP) is 9.15. The van der Waals surface area contributed by atoms with Crippen molar-refractivity contribution in [1.29, 1.82) is 0 Å². The summed E-state index contributed by atoms with van der Waals surface area (Å²) in [7, 11) is 2.21. The van der Waals surface area contributed by atoms with Crippen LogP contribution < -0.4 is 0 Å². The van der Waals surface area contributed by atoms with E-state index in [-0.39, 0.29) is 6.09 Å². The number of ether oxygens (including phenoxy) is 1. The molecule has 4 aliphatic rings. The third kappa shape index (κ3) is 6.86. The summed E-state index contributed by atoms with van der Waals surface area (Å²) in [4.78, 5) is 27.2. The summed E-state index contributed by atoms with van der Waals surface area (Å²) in [6.45, 7) is 5.61. The summed E-state index contributed by atoms with van der Waals surface area (Å²) in [6, 6.07) is 19.6. The lowest BCUT2D eigenvalue weighted by Gasteiger charge is -2.29. The number of likely N-dealkylation sites (tertiary alicyclic amines) is 2. The number of aryl methyl sites for hydroxylation is 4. The van der Waals surface area contributed by atoms with Gasteiger partial charge in [0.05, 0.1) is 18.0 Å². The van der Waals surface area contributed by atoms with Gasteiger partial charge in [-0.05, 0) is 141 Å². The number of hydrogen-bond acceptors (Lipinski definition) is 5. The number of piperidine rings is 2. The van der Waals surface area contributed by atoms with Crippen LogP contribution in [-0.4, -0.2) is 65.7 Å². The molecule has 4 aromatic rings. The van der Waals surface area contributed by atoms with Crippen molar-refractivity contribution in [2.45, 2.75) is 64.7 Å². The quantitative estimate of drug-likeness (QED) is 0.212. The fraction of sp³-hybridized carbons (Fsp3) is 0.372. The maximum Gasteiger partial charge on any atom is 0.409 e. The van der Waals surface area contributed by atoms with Gasteiger partial charge in [0.25, 0.3) is 0 Å². The first kappa shape index (κ1) is 34.1. The van der Waals surface area contributed by atoms with Crippen molar-refractivity contribution in [3.63, 3.8) is 0 Å². The van der Waals surface area contributed by atoms with Gasteiger partial charge in [-0.25, -0.2) is 4.79 Å². The van der Waals surface area contributed by atoms with Gasteiger partial charge < -0.3 is 14.5 Å². The molecule has 8 rings (SSSR count). The van der Waals surface area contributed by atoms with E-state index < -0.39 is 0 Å². The van der Waals surface area contributed by atoms with E-state index in [1.54, 1.807) is 0 Å². The van der Waals surface area contributed by atoms with Gasteiger partial charge in [-0.15, -0.1) is 0 Å². The average Bonchev–Trinajstić information content (AvgIpc) is 3.40. The molecule has 2 saturated heterocycles. The molecule has 2 aliphatic carbocycles. The SMILES string of the molecule is CCOC(=O)N1CCC(=C2c3ccc(Cl)cc3CCc3ccc(Cc4cc5c(cc4Cl)CCc4cccnc4C5=C4CCN(C)CC4)nc32)CC1. The maximum absolute atomic E-state index is 12.6. The van der Waals surface area contributed by atoms with Gasteiger partial charge >= 0.3 is 6.09 Å². The molecule has 2 fully saturated rings. The van der Waals surface area contributed by atoms with Crippen LogP contribution in [-0.2, 0) is 36.8 Å². The van der Waals surface area contributed by atoms with E-state index in [9.17, 15) is 4.79 Å². The monoisotopic (exact) mass is 718 g/mol. The second-order valence-electron chi connectivity index (χ2n) is 14.3. The van der Waals surface area contributed by atoms with Gasteiger partial charge in [0.1, 0.15) is 0 Å². The van der Waals surface area contributed by atoms with Crippen LogP contribution in [0.4, 0.5) is 4.79 Å². The molecule has 51 heavy (non-hydrogen) atoms. The Morgan fingerprint density at radius 1 is 0.745 bits per heavy atom. The molecule has 2 aromatic carbocycles. The Labute approximate surface area is 311 Å². The van der Waals surface area contributed by atoms with E-state index >= 15 is 0 Å². The fourth-order valence-corrected chi connectivity index (χ4v) is 8.87. The molecule has 0 saturated carbocycles. The summed E-state index contributed by atoms with van der Waals surface area (Å²) in [5, 5.41) is 1.54. The Morgan fingerprint density at radius 2 is 1.41 bits per heavy atom. The Morgan fingerprint density at radius 3 is 2.16 bits per heavy atom. The topological polar surface area (TPSA) is 58.6 Å². The zero-order valence-electron chi connectivity index (χ0n) is 29.5. The third-order valence-corrected chi connectivity index (χ3v) is 11.8. The lowest BCUT2D eigenvalue weighted by molar-refractivity contribution is 0.104. The Kier molecular flexibility index (Phi) is 9.75. The number of pyridine rings is 2. The summed E-state index contributed by atoms with van der Waals surface area (Å²) < 4.78 is 5.32. The zero-order chi connectivity index (χ0) is 35.1. The Hall–Kier alpha value is -3.97. The number of aromatic nitrogens is 2. The van der Waals surface area contributed by atoms with E-state index in [0.29, 0.717) is 26.1 Å². The van der Waals surface area contributed by atoms with Crippen LogP contribution in [0.5, 0.6) is 0 Å². The smallest absolute Gasteiger partial charge is 0.409 e. The molecule has 262 valence electrons. The van der Waals surface area contributed by atoms with Crippen molar-refractivity contribution in [1.82, 2.24) is 19.8 Å². The second kappa shape index (κ2) is 14.6. The molecular weight excluding hydrogens is 675 g/mol. The molecule has 0 bridgehead atoms. The first-order valence-corrected chi connectivity index (χ1v) is 19.2. The highest BCUT2D eigenvalue weighted by molar-refractivity contribution is 6.31. The van der Waals surface area contributed by atoms with Crippen LogP contribution in [0, 0.1) is 0 Å². The molecule has 6 nitrogen and oxygen atoms in total. The minimum absolute atomic E-state index is 0.234. The predicted molar refractivity (Wildman–Crippen MR) is 206 cm³/mol. The highest BCUT2D eigenvalue weighted by Crippen LogP contribution is 2.41. The molecule has 2 aromatic heterocycles. The minimum atomic E-state index is -0.234. The zero-order valence-corrected chi connectivity index (χ0v) is 31.0. The van der Waals surface area contributed by atoms with Crippen molar-refractivity contribution in [2.75, 3.05) is 39.8 Å². The second-order valence-corrected chi connectivity index (χ2v) is 15.2. The number of carbonyl (C=O) groups excluding carboxylic acids is 1. The van der Waals surface area contributed by atoms with Crippen molar-refractivity contribution in [3.8, 4) is 0 Å². The molecule has 0 spiro atoms. The molecule has 2 aliphatic heterocycles. The van der Waals surface area contributed by atoms with Gasteiger partial charge in [0.15, 0.2) is 0 Å². The largest absolute Gasteiger partial charge is 0.450 e. The van der Waals surface area contributed by atoms with E-state index in [0.717, 1.165) is 97.1 Å². The van der Waals surface area contributed by atoms with E-state index in [1.165, 1.54) is 55.7 Å². The molecular formula is C43H44Cl2N4O2. The number of amides is 1. The first-order chi connectivity index (χ1) is 24.9. The van der Waals surface area contributed by atoms with E-state index in [1.807, 2.05) is 24.1 Å². The van der Waals surface area contributed by atoms with E-state index in [4.69, 9.17) is 37.9 Å². The summed E-state index contributed by atoms with van der Waals surface area (Å²) in [5.74, 6) is 0. The van der Waals surface area contributed by atoms with Crippen molar-refractivity contribution in [2.24, 2.45) is 0 Å². The van der Waals surface area contributed by atoms with Gasteiger partial charge in [0, 0.05) is 65.7 Å². The number of rotatable bonds is 3. The fourth-order valence-electron chi connectivity index (χ4n) is 8.42. The molecule has 0 radical (unpaired) electrons. The molecule has 8 heteroatoms. The van der Waals surface area contributed by atoms with Crippen molar-refractivity contribution >= 4 is 40.4 Å². The number of nitrogens with zero attached hydrogens (tertiary/aromatic N) is 4. The van der Waals surface area contributed by atoms with Gasteiger partial charge in [-0.1, -0.05) is 52.5 Å². The maximum atomic E-state index is 12.6. The summed E-state index contributed by atoms with van der Waals surface area (Å²) in [5.41, 5.74) is 17.2. The summed E-state index contributed by atoms with van der Waals surface area (Å²) in [6.07, 6.45) is 9.67. The number of carbonyl (C=O) groups is 1. The normalized spacial score (nSPS) is 17.6. The lowest BCUT2D eigenvalue weighted by atomic mass is 9.87. The summed E-state index contributed by atoms with van der Waals surface area (Å²) >= 11 is 13.7. The third-order valence-electron chi connectivity index (χ3n) is 11.2. The lowest BCUT2D eigenvalue weighted by Crippen LogP contribution is -2.37. The van der Waals surface area contributed by atoms with Crippen LogP contribution in [0.2, 0.25) is 10.0 Å². The van der Waals surface area contributed by atoms with Crippen molar-refractivity contribution in [3.05, 3.63) is 138 Å². The van der Waals surface area contributed by atoms with Crippen molar-refractivity contribution < 1.29 is 9.53 Å². The molecule has 4 heterocycles. The molecule has 0 atom stereocenters. The number of halogens is 2. The number of fused-ring (bicyclic) bond motifs is 4. The first-order valence-electron chi connectivity index (χ1n) is 18.4. The number of hydrogen-bond donors (Lipinski definition) is 0. The molecule has 0 unspecified atom stereocenters. The highest BCUT2D eigenvalue weighted by Gasteiger charge is 2.29. The van der Waals surface area contributed by atoms with Gasteiger partial charge in [-0.3, -0.25) is 9.97 Å². The van der Waals surface area contributed by atoms with Gasteiger partial charge in [0.2, 0.25) is 0 Å².